The molecular weight excluding hydrogens is 342 g/mol. The molecular formula is C13H24Cl2F3N3O. The van der Waals surface area contributed by atoms with Crippen molar-refractivity contribution in [3.05, 3.63) is 0 Å². The molecule has 0 atom stereocenters. The van der Waals surface area contributed by atoms with Gasteiger partial charge in [0.15, 0.2) is 0 Å². The number of carbonyl (C=O) groups is 1. The predicted molar refractivity (Wildman–Crippen MR) is 83.6 cm³/mol. The molecule has 0 aromatic carbocycles. The van der Waals surface area contributed by atoms with E-state index in [0.29, 0.717) is 25.9 Å². The Morgan fingerprint density at radius 2 is 1.50 bits per heavy atom. The van der Waals surface area contributed by atoms with Gasteiger partial charge in [0.05, 0.1) is 12.1 Å². The van der Waals surface area contributed by atoms with Crippen LogP contribution in [-0.4, -0.2) is 60.1 Å². The third-order valence-corrected chi connectivity index (χ3v) is 4.23. The first kappa shape index (κ1) is 21.8. The molecule has 0 aromatic rings. The van der Waals surface area contributed by atoms with Crippen LogP contribution >= 0.6 is 24.8 Å². The highest BCUT2D eigenvalue weighted by Crippen LogP contribution is 2.28. The van der Waals surface area contributed by atoms with Gasteiger partial charge in [-0.05, 0) is 12.8 Å². The summed E-state index contributed by atoms with van der Waals surface area (Å²) in [6.45, 7) is 0.313. The maximum absolute atomic E-state index is 12.4. The number of alkyl halides is 3. The Kier molecular flexibility index (Phi) is 8.47. The van der Waals surface area contributed by atoms with Crippen LogP contribution in [0.1, 0.15) is 32.1 Å². The molecule has 2 N–H and O–H groups in total. The molecule has 1 heterocycles. The normalized spacial score (nSPS) is 22.5. The number of carbonyl (C=O) groups excluding carboxylic acids is 1. The topological polar surface area (TPSA) is 49.6 Å². The minimum atomic E-state index is -4.18. The quantitative estimate of drug-likeness (QED) is 0.815. The highest BCUT2D eigenvalue weighted by molar-refractivity contribution is 5.86. The largest absolute Gasteiger partial charge is 0.401 e. The zero-order valence-electron chi connectivity index (χ0n) is 12.4. The van der Waals surface area contributed by atoms with E-state index in [-0.39, 0.29) is 43.8 Å². The Bertz CT molecular complexity index is 355. The second kappa shape index (κ2) is 8.57. The van der Waals surface area contributed by atoms with Crippen LogP contribution in [0.4, 0.5) is 13.2 Å². The van der Waals surface area contributed by atoms with Gasteiger partial charge < -0.3 is 10.6 Å². The molecule has 0 radical (unpaired) electrons. The zero-order valence-corrected chi connectivity index (χ0v) is 14.0. The maximum Gasteiger partial charge on any atom is 0.401 e. The molecule has 0 aromatic heterocycles. The Morgan fingerprint density at radius 3 is 1.95 bits per heavy atom. The molecule has 2 fully saturated rings. The standard InChI is InChI=1S/C13H22F3N3O.2ClH/c14-13(15,16)10-18-6-8-19(9-7-18)11(20)12(17)4-2-1-3-5-12;;/h1-10,17H2;2*1H. The molecule has 0 spiro atoms. The molecule has 1 saturated heterocycles. The molecule has 22 heavy (non-hydrogen) atoms. The van der Waals surface area contributed by atoms with Gasteiger partial charge in [0.2, 0.25) is 5.91 Å². The molecule has 2 rings (SSSR count). The summed E-state index contributed by atoms with van der Waals surface area (Å²) in [7, 11) is 0. The van der Waals surface area contributed by atoms with Crippen molar-refractivity contribution in [2.75, 3.05) is 32.7 Å². The predicted octanol–water partition coefficient (Wildman–Crippen LogP) is 2.20. The molecule has 1 saturated carbocycles. The lowest BCUT2D eigenvalue weighted by Crippen LogP contribution is -2.60. The second-order valence-electron chi connectivity index (χ2n) is 5.90. The molecule has 9 heteroatoms. The molecule has 0 bridgehead atoms. The lowest BCUT2D eigenvalue weighted by atomic mass is 9.81. The van der Waals surface area contributed by atoms with E-state index in [1.807, 2.05) is 0 Å². The van der Waals surface area contributed by atoms with Crippen molar-refractivity contribution in [1.29, 1.82) is 0 Å². The summed E-state index contributed by atoms with van der Waals surface area (Å²) in [6, 6.07) is 0. The van der Waals surface area contributed by atoms with E-state index >= 15 is 0 Å². The van der Waals surface area contributed by atoms with Gasteiger partial charge in [0, 0.05) is 26.2 Å². The molecule has 0 unspecified atom stereocenters. The monoisotopic (exact) mass is 365 g/mol. The molecule has 1 aliphatic heterocycles. The number of hydrogen-bond acceptors (Lipinski definition) is 3. The number of piperazine rings is 1. The van der Waals surface area contributed by atoms with Gasteiger partial charge >= 0.3 is 6.18 Å². The van der Waals surface area contributed by atoms with E-state index in [1.165, 1.54) is 4.90 Å². The number of nitrogens with zero attached hydrogens (tertiary/aromatic N) is 2. The third-order valence-electron chi connectivity index (χ3n) is 4.23. The Labute approximate surface area is 141 Å². The van der Waals surface area contributed by atoms with Crippen molar-refractivity contribution in [2.45, 2.75) is 43.8 Å². The van der Waals surface area contributed by atoms with Crippen molar-refractivity contribution in [3.63, 3.8) is 0 Å². The first-order valence-electron chi connectivity index (χ1n) is 7.18. The summed E-state index contributed by atoms with van der Waals surface area (Å²) >= 11 is 0. The summed E-state index contributed by atoms with van der Waals surface area (Å²) < 4.78 is 36.9. The molecule has 2 aliphatic rings. The Balaban J connectivity index is 0.00000220. The van der Waals surface area contributed by atoms with E-state index in [0.717, 1.165) is 19.3 Å². The summed E-state index contributed by atoms with van der Waals surface area (Å²) in [5, 5.41) is 0. The van der Waals surface area contributed by atoms with Crippen LogP contribution in [0.15, 0.2) is 0 Å². The number of nitrogens with two attached hydrogens (primary N) is 1. The lowest BCUT2D eigenvalue weighted by molar-refractivity contribution is -0.153. The molecule has 1 amide bonds. The van der Waals surface area contributed by atoms with Crippen LogP contribution in [0.25, 0.3) is 0 Å². The Morgan fingerprint density at radius 1 is 1.00 bits per heavy atom. The van der Waals surface area contributed by atoms with Crippen LogP contribution < -0.4 is 5.73 Å². The average Bonchev–Trinajstić information content (AvgIpc) is 2.38. The fourth-order valence-corrected chi connectivity index (χ4v) is 3.07. The maximum atomic E-state index is 12.4. The summed E-state index contributed by atoms with van der Waals surface area (Å²) in [5.74, 6) is -0.0798. The fraction of sp³-hybridized carbons (Fsp3) is 0.923. The summed E-state index contributed by atoms with van der Waals surface area (Å²) in [6.07, 6.45) is 0.214. The van der Waals surface area contributed by atoms with E-state index in [2.05, 4.69) is 0 Å². The molecule has 1 aliphatic carbocycles. The van der Waals surface area contributed by atoms with Crippen LogP contribution in [-0.2, 0) is 4.79 Å². The summed E-state index contributed by atoms with van der Waals surface area (Å²) in [4.78, 5) is 15.4. The average molecular weight is 366 g/mol. The van der Waals surface area contributed by atoms with Gasteiger partial charge in [-0.15, -0.1) is 24.8 Å². The SMILES string of the molecule is Cl.Cl.NC1(C(=O)N2CCN(CC(F)(F)F)CC2)CCCCC1. The number of amides is 1. The van der Waals surface area contributed by atoms with Crippen molar-refractivity contribution >= 4 is 30.7 Å². The minimum absolute atomic E-state index is 0. The van der Waals surface area contributed by atoms with Crippen molar-refractivity contribution in [2.24, 2.45) is 5.73 Å². The van der Waals surface area contributed by atoms with Crippen LogP contribution in [0, 0.1) is 0 Å². The van der Waals surface area contributed by atoms with Gasteiger partial charge in [-0.1, -0.05) is 19.3 Å². The van der Waals surface area contributed by atoms with Gasteiger partial charge in [0.1, 0.15) is 0 Å². The smallest absolute Gasteiger partial charge is 0.339 e. The summed E-state index contributed by atoms with van der Waals surface area (Å²) in [5.41, 5.74) is 5.40. The second-order valence-corrected chi connectivity index (χ2v) is 5.90. The molecule has 132 valence electrons. The van der Waals surface area contributed by atoms with Crippen molar-refractivity contribution in [3.8, 4) is 0 Å². The number of hydrogen-bond donors (Lipinski definition) is 1. The van der Waals surface area contributed by atoms with Crippen molar-refractivity contribution in [1.82, 2.24) is 9.80 Å². The van der Waals surface area contributed by atoms with Crippen LogP contribution in [0.3, 0.4) is 0 Å². The van der Waals surface area contributed by atoms with E-state index < -0.39 is 18.3 Å². The van der Waals surface area contributed by atoms with E-state index in [4.69, 9.17) is 5.73 Å². The number of halogens is 5. The van der Waals surface area contributed by atoms with E-state index in [9.17, 15) is 18.0 Å². The Hall–Kier alpha value is -0.240. The first-order chi connectivity index (χ1) is 9.30. The van der Waals surface area contributed by atoms with Gasteiger partial charge in [0.25, 0.3) is 0 Å². The van der Waals surface area contributed by atoms with Gasteiger partial charge in [-0.25, -0.2) is 0 Å². The van der Waals surface area contributed by atoms with Gasteiger partial charge in [-0.2, -0.15) is 13.2 Å². The zero-order chi connectivity index (χ0) is 14.8. The van der Waals surface area contributed by atoms with Gasteiger partial charge in [-0.3, -0.25) is 9.69 Å². The minimum Gasteiger partial charge on any atom is -0.339 e. The van der Waals surface area contributed by atoms with E-state index in [1.54, 1.807) is 4.90 Å². The van der Waals surface area contributed by atoms with Crippen molar-refractivity contribution < 1.29 is 18.0 Å². The third kappa shape index (κ3) is 5.76. The lowest BCUT2D eigenvalue weighted by Gasteiger charge is -2.41. The fourth-order valence-electron chi connectivity index (χ4n) is 3.07. The number of rotatable bonds is 2. The van der Waals surface area contributed by atoms with Crippen LogP contribution in [0.5, 0.6) is 0 Å². The van der Waals surface area contributed by atoms with Crippen LogP contribution in [0.2, 0.25) is 0 Å². The first-order valence-corrected chi connectivity index (χ1v) is 7.18. The highest BCUT2D eigenvalue weighted by Gasteiger charge is 2.40. The molecule has 4 nitrogen and oxygen atoms in total. The highest BCUT2D eigenvalue weighted by atomic mass is 35.5.